The number of aromatic nitrogens is 6. The van der Waals surface area contributed by atoms with E-state index in [2.05, 4.69) is 37.4 Å². The maximum atomic E-state index is 4.05. The Kier molecular flexibility index (Phi) is 2.45. The Balaban J connectivity index is 2.29. The molecule has 0 atom stereocenters. The summed E-state index contributed by atoms with van der Waals surface area (Å²) in [6.07, 6.45) is 5.27. The average molecular weight is 238 g/mol. The zero-order valence-corrected chi connectivity index (χ0v) is 9.46. The second-order valence-electron chi connectivity index (χ2n) is 3.69. The first-order valence-electron chi connectivity index (χ1n) is 5.39. The molecule has 3 aromatic rings. The maximum absolute atomic E-state index is 4.05. The maximum Gasteiger partial charge on any atom is 0.114 e. The van der Waals surface area contributed by atoms with E-state index in [0.717, 1.165) is 28.1 Å². The van der Waals surface area contributed by atoms with Gasteiger partial charge in [0.05, 0.1) is 12.4 Å². The summed E-state index contributed by atoms with van der Waals surface area (Å²) in [5, 5.41) is 21.0. The quantitative estimate of drug-likeness (QED) is 0.730. The van der Waals surface area contributed by atoms with Crippen molar-refractivity contribution in [2.75, 3.05) is 0 Å². The van der Waals surface area contributed by atoms with Gasteiger partial charge in [-0.1, -0.05) is 41.3 Å². The van der Waals surface area contributed by atoms with Crippen LogP contribution in [0.3, 0.4) is 0 Å². The Hall–Kier alpha value is -2.76. The molecule has 2 aromatic heterocycles. The lowest BCUT2D eigenvalue weighted by Crippen LogP contribution is -1.90. The Labute approximate surface area is 103 Å². The summed E-state index contributed by atoms with van der Waals surface area (Å²) >= 11 is 0. The van der Waals surface area contributed by atoms with Gasteiger partial charge in [-0.2, -0.15) is 0 Å². The van der Waals surface area contributed by atoms with Gasteiger partial charge < -0.3 is 0 Å². The molecule has 0 saturated heterocycles. The number of H-pyrrole nitrogens is 2. The fourth-order valence-electron chi connectivity index (χ4n) is 1.90. The zero-order valence-electron chi connectivity index (χ0n) is 9.46. The summed E-state index contributed by atoms with van der Waals surface area (Å²) in [7, 11) is 0. The van der Waals surface area contributed by atoms with Gasteiger partial charge >= 0.3 is 0 Å². The van der Waals surface area contributed by atoms with Gasteiger partial charge in [0.2, 0.25) is 0 Å². The Bertz CT molecular complexity index is 654. The highest BCUT2D eigenvalue weighted by Crippen LogP contribution is 2.32. The third kappa shape index (κ3) is 1.60. The molecular formula is C12H10N6. The van der Waals surface area contributed by atoms with Crippen LogP contribution in [0.1, 0.15) is 5.56 Å². The van der Waals surface area contributed by atoms with E-state index in [-0.39, 0.29) is 0 Å². The first-order valence-corrected chi connectivity index (χ1v) is 5.39. The van der Waals surface area contributed by atoms with Crippen LogP contribution in [-0.2, 0) is 0 Å². The van der Waals surface area contributed by atoms with Gasteiger partial charge in [-0.15, -0.1) is 10.2 Å². The van der Waals surface area contributed by atoms with Crippen molar-refractivity contribution in [3.05, 3.63) is 42.7 Å². The standard InChI is InChI=1S/C12H10N6/c1-2-8-4-3-5-9(10-6-13-17-15-10)12(8)11-7-14-18-16-11/h2-7H,1H2,(H,13,15,17)(H,14,16,18). The van der Waals surface area contributed by atoms with Crippen LogP contribution in [0, 0.1) is 0 Å². The van der Waals surface area contributed by atoms with Crippen molar-refractivity contribution in [1.82, 2.24) is 30.8 Å². The molecule has 6 nitrogen and oxygen atoms in total. The van der Waals surface area contributed by atoms with Crippen molar-refractivity contribution in [1.29, 1.82) is 0 Å². The first-order chi connectivity index (χ1) is 8.90. The highest BCUT2D eigenvalue weighted by atomic mass is 15.3. The number of hydrogen-bond acceptors (Lipinski definition) is 4. The number of nitrogens with one attached hydrogen (secondary N) is 2. The minimum absolute atomic E-state index is 0.753. The molecule has 3 rings (SSSR count). The molecule has 18 heavy (non-hydrogen) atoms. The first kappa shape index (κ1) is 10.4. The zero-order chi connectivity index (χ0) is 12.4. The molecule has 0 fully saturated rings. The molecule has 0 aliphatic heterocycles. The molecule has 2 N–H and O–H groups in total. The lowest BCUT2D eigenvalue weighted by atomic mass is 9.97. The van der Waals surface area contributed by atoms with Crippen molar-refractivity contribution in [2.45, 2.75) is 0 Å². The van der Waals surface area contributed by atoms with Crippen molar-refractivity contribution in [3.8, 4) is 22.5 Å². The monoisotopic (exact) mass is 238 g/mol. The molecule has 0 bridgehead atoms. The molecule has 1 aromatic carbocycles. The largest absolute Gasteiger partial charge is 0.265 e. The second kappa shape index (κ2) is 4.25. The summed E-state index contributed by atoms with van der Waals surface area (Å²) in [5.41, 5.74) is 4.37. The molecule has 88 valence electrons. The molecule has 2 heterocycles. The van der Waals surface area contributed by atoms with Gasteiger partial charge in [-0.05, 0) is 5.56 Å². The van der Waals surface area contributed by atoms with E-state index >= 15 is 0 Å². The fraction of sp³-hybridized carbons (Fsp3) is 0. The predicted molar refractivity (Wildman–Crippen MR) is 67.3 cm³/mol. The molecule has 0 saturated carbocycles. The Morgan fingerprint density at radius 1 is 1.00 bits per heavy atom. The number of rotatable bonds is 3. The predicted octanol–water partition coefficient (Wildman–Crippen LogP) is 1.90. The molecular weight excluding hydrogens is 228 g/mol. The minimum Gasteiger partial charge on any atom is -0.265 e. The van der Waals surface area contributed by atoms with E-state index in [1.165, 1.54) is 0 Å². The SMILES string of the molecule is C=Cc1cccc(-c2c[nH]nn2)c1-c1c[nH]nn1. The molecule has 0 aliphatic rings. The Morgan fingerprint density at radius 2 is 1.72 bits per heavy atom. The summed E-state index contributed by atoms with van der Waals surface area (Å²) in [5.74, 6) is 0. The topological polar surface area (TPSA) is 83.1 Å². The number of nitrogens with zero attached hydrogens (tertiary/aromatic N) is 4. The van der Waals surface area contributed by atoms with Crippen LogP contribution in [0.2, 0.25) is 0 Å². The van der Waals surface area contributed by atoms with Gasteiger partial charge in [0.1, 0.15) is 11.4 Å². The van der Waals surface area contributed by atoms with Gasteiger partial charge in [-0.3, -0.25) is 10.2 Å². The molecule has 0 aliphatic carbocycles. The lowest BCUT2D eigenvalue weighted by molar-refractivity contribution is 0.940. The molecule has 0 unspecified atom stereocenters. The fourth-order valence-corrected chi connectivity index (χ4v) is 1.90. The van der Waals surface area contributed by atoms with Crippen LogP contribution < -0.4 is 0 Å². The summed E-state index contributed by atoms with van der Waals surface area (Å²) < 4.78 is 0. The van der Waals surface area contributed by atoms with Crippen LogP contribution in [-0.4, -0.2) is 30.8 Å². The van der Waals surface area contributed by atoms with E-state index in [1.807, 2.05) is 18.2 Å². The van der Waals surface area contributed by atoms with Crippen molar-refractivity contribution >= 4 is 6.08 Å². The molecule has 0 amide bonds. The summed E-state index contributed by atoms with van der Waals surface area (Å²) in [6.45, 7) is 3.82. The Morgan fingerprint density at radius 3 is 2.33 bits per heavy atom. The number of benzene rings is 1. The smallest absolute Gasteiger partial charge is 0.114 e. The van der Waals surface area contributed by atoms with E-state index in [4.69, 9.17) is 0 Å². The molecule has 0 spiro atoms. The highest BCUT2D eigenvalue weighted by molar-refractivity contribution is 5.86. The van der Waals surface area contributed by atoms with Crippen LogP contribution >= 0.6 is 0 Å². The van der Waals surface area contributed by atoms with Crippen molar-refractivity contribution < 1.29 is 0 Å². The van der Waals surface area contributed by atoms with E-state index in [1.54, 1.807) is 18.5 Å². The van der Waals surface area contributed by atoms with Crippen LogP contribution in [0.25, 0.3) is 28.6 Å². The van der Waals surface area contributed by atoms with Gasteiger partial charge in [0.15, 0.2) is 0 Å². The van der Waals surface area contributed by atoms with Crippen molar-refractivity contribution in [3.63, 3.8) is 0 Å². The molecule has 6 heteroatoms. The van der Waals surface area contributed by atoms with Gasteiger partial charge in [-0.25, -0.2) is 0 Å². The third-order valence-corrected chi connectivity index (χ3v) is 2.68. The lowest BCUT2D eigenvalue weighted by Gasteiger charge is -2.07. The minimum atomic E-state index is 0.753. The average Bonchev–Trinajstić information content (AvgIpc) is 3.10. The third-order valence-electron chi connectivity index (χ3n) is 2.68. The second-order valence-corrected chi connectivity index (χ2v) is 3.69. The highest BCUT2D eigenvalue weighted by Gasteiger charge is 2.14. The molecule has 0 radical (unpaired) electrons. The van der Waals surface area contributed by atoms with E-state index in [0.29, 0.717) is 0 Å². The van der Waals surface area contributed by atoms with Crippen molar-refractivity contribution in [2.24, 2.45) is 0 Å². The van der Waals surface area contributed by atoms with Crippen LogP contribution in [0.5, 0.6) is 0 Å². The summed E-state index contributed by atoms with van der Waals surface area (Å²) in [4.78, 5) is 0. The van der Waals surface area contributed by atoms with E-state index in [9.17, 15) is 0 Å². The van der Waals surface area contributed by atoms with Gasteiger partial charge in [0, 0.05) is 11.1 Å². The van der Waals surface area contributed by atoms with Crippen LogP contribution in [0.4, 0.5) is 0 Å². The number of hydrogen-bond donors (Lipinski definition) is 2. The number of aromatic amines is 2. The van der Waals surface area contributed by atoms with Gasteiger partial charge in [0.25, 0.3) is 0 Å². The summed E-state index contributed by atoms with van der Waals surface area (Å²) in [6, 6.07) is 5.89. The van der Waals surface area contributed by atoms with E-state index < -0.39 is 0 Å². The van der Waals surface area contributed by atoms with Crippen LogP contribution in [0.15, 0.2) is 37.2 Å². The normalized spacial score (nSPS) is 10.4.